The van der Waals surface area contributed by atoms with Crippen molar-refractivity contribution >= 4 is 27.8 Å². The zero-order chi connectivity index (χ0) is 20.1. The zero-order valence-corrected chi connectivity index (χ0v) is 17.6. The van der Waals surface area contributed by atoms with Crippen LogP contribution in [-0.2, 0) is 6.54 Å². The standard InChI is InChI=1S/C19H23BrN6O2/c1-4-15(17-24-18(28-25-17)13-6-5-7-14(20)10-13)22-19(27)23-16-8-9-21-26(16)11-12(2)3/h5-10,12,15H,4,11H2,1-3H3,(H2,22,23,27). The average molecular weight is 447 g/mol. The van der Waals surface area contributed by atoms with Crippen LogP contribution in [0.3, 0.4) is 0 Å². The second-order valence-corrected chi connectivity index (χ2v) is 7.74. The minimum Gasteiger partial charge on any atom is -0.334 e. The predicted molar refractivity (Wildman–Crippen MR) is 110 cm³/mol. The van der Waals surface area contributed by atoms with Gasteiger partial charge in [-0.2, -0.15) is 10.1 Å². The Morgan fingerprint density at radius 2 is 2.14 bits per heavy atom. The second-order valence-electron chi connectivity index (χ2n) is 6.82. The Balaban J connectivity index is 1.67. The van der Waals surface area contributed by atoms with Crippen molar-refractivity contribution in [2.45, 2.75) is 39.8 Å². The van der Waals surface area contributed by atoms with Crippen LogP contribution in [0.5, 0.6) is 0 Å². The molecule has 0 saturated heterocycles. The molecule has 0 aliphatic carbocycles. The number of carbonyl (C=O) groups is 1. The van der Waals surface area contributed by atoms with Crippen molar-refractivity contribution in [1.82, 2.24) is 25.2 Å². The van der Waals surface area contributed by atoms with Crippen molar-refractivity contribution in [3.63, 3.8) is 0 Å². The molecular formula is C19H23BrN6O2. The number of aromatic nitrogens is 4. The topological polar surface area (TPSA) is 97.9 Å². The number of hydrogen-bond acceptors (Lipinski definition) is 5. The molecule has 3 rings (SSSR count). The zero-order valence-electron chi connectivity index (χ0n) is 16.0. The minimum absolute atomic E-state index is 0.342. The van der Waals surface area contributed by atoms with E-state index in [1.807, 2.05) is 31.2 Å². The molecule has 2 N–H and O–H groups in total. The first-order valence-electron chi connectivity index (χ1n) is 9.15. The molecule has 28 heavy (non-hydrogen) atoms. The highest BCUT2D eigenvalue weighted by atomic mass is 79.9. The highest BCUT2D eigenvalue weighted by Gasteiger charge is 2.20. The monoisotopic (exact) mass is 446 g/mol. The van der Waals surface area contributed by atoms with Crippen molar-refractivity contribution in [1.29, 1.82) is 0 Å². The van der Waals surface area contributed by atoms with Gasteiger partial charge in [0.05, 0.1) is 12.2 Å². The predicted octanol–water partition coefficient (Wildman–Crippen LogP) is 4.62. The summed E-state index contributed by atoms with van der Waals surface area (Å²) in [6.45, 7) is 6.86. The maximum atomic E-state index is 12.5. The van der Waals surface area contributed by atoms with Crippen LogP contribution in [0.2, 0.25) is 0 Å². The fraction of sp³-hybridized carbons (Fsp3) is 0.368. The molecule has 8 nitrogen and oxygen atoms in total. The van der Waals surface area contributed by atoms with Gasteiger partial charge >= 0.3 is 6.03 Å². The van der Waals surface area contributed by atoms with Gasteiger partial charge in [0.25, 0.3) is 5.89 Å². The van der Waals surface area contributed by atoms with Crippen LogP contribution < -0.4 is 10.6 Å². The lowest BCUT2D eigenvalue weighted by Crippen LogP contribution is -2.33. The van der Waals surface area contributed by atoms with Crippen LogP contribution in [-0.4, -0.2) is 26.0 Å². The summed E-state index contributed by atoms with van der Waals surface area (Å²) >= 11 is 3.43. The summed E-state index contributed by atoms with van der Waals surface area (Å²) in [6.07, 6.45) is 2.29. The van der Waals surface area contributed by atoms with Crippen molar-refractivity contribution in [3.8, 4) is 11.5 Å². The molecule has 1 unspecified atom stereocenters. The molecule has 0 aliphatic rings. The van der Waals surface area contributed by atoms with E-state index in [1.165, 1.54) is 0 Å². The van der Waals surface area contributed by atoms with Gasteiger partial charge < -0.3 is 9.84 Å². The Hall–Kier alpha value is -2.68. The molecule has 0 fully saturated rings. The van der Waals surface area contributed by atoms with Gasteiger partial charge in [-0.25, -0.2) is 9.48 Å². The molecule has 3 aromatic rings. The Kier molecular flexibility index (Phi) is 6.45. The van der Waals surface area contributed by atoms with Gasteiger partial charge in [0.15, 0.2) is 5.82 Å². The summed E-state index contributed by atoms with van der Waals surface area (Å²) in [5, 5.41) is 14.0. The Bertz CT molecular complexity index is 936. The maximum Gasteiger partial charge on any atom is 0.320 e. The molecule has 1 aromatic carbocycles. The number of rotatable bonds is 7. The van der Waals surface area contributed by atoms with Gasteiger partial charge in [-0.3, -0.25) is 5.32 Å². The summed E-state index contributed by atoms with van der Waals surface area (Å²) in [5.74, 6) is 1.90. The summed E-state index contributed by atoms with van der Waals surface area (Å²) in [7, 11) is 0. The molecule has 0 aliphatic heterocycles. The number of nitrogens with one attached hydrogen (secondary N) is 2. The van der Waals surface area contributed by atoms with E-state index in [0.29, 0.717) is 29.9 Å². The van der Waals surface area contributed by atoms with Crippen molar-refractivity contribution in [3.05, 3.63) is 46.8 Å². The normalized spacial score (nSPS) is 12.2. The van der Waals surface area contributed by atoms with Gasteiger partial charge in [-0.15, -0.1) is 0 Å². The Labute approximate surface area is 171 Å². The molecule has 9 heteroatoms. The van der Waals surface area contributed by atoms with E-state index in [9.17, 15) is 4.79 Å². The van der Waals surface area contributed by atoms with E-state index in [0.717, 1.165) is 16.6 Å². The maximum absolute atomic E-state index is 12.5. The number of nitrogens with zero attached hydrogens (tertiary/aromatic N) is 4. The number of amides is 2. The average Bonchev–Trinajstić information content (AvgIpc) is 3.29. The summed E-state index contributed by atoms with van der Waals surface area (Å²) in [6, 6.07) is 8.66. The number of carbonyl (C=O) groups excluding carboxylic acids is 1. The van der Waals surface area contributed by atoms with E-state index in [2.05, 4.69) is 55.7 Å². The van der Waals surface area contributed by atoms with Crippen LogP contribution in [0.1, 0.15) is 39.1 Å². The van der Waals surface area contributed by atoms with Crippen LogP contribution in [0.25, 0.3) is 11.5 Å². The quantitative estimate of drug-likeness (QED) is 0.551. The molecule has 1 atom stereocenters. The smallest absolute Gasteiger partial charge is 0.320 e. The molecule has 2 aromatic heterocycles. The molecule has 0 bridgehead atoms. The summed E-state index contributed by atoms with van der Waals surface area (Å²) in [5.41, 5.74) is 0.810. The lowest BCUT2D eigenvalue weighted by molar-refractivity contribution is 0.247. The van der Waals surface area contributed by atoms with Gasteiger partial charge in [0.1, 0.15) is 5.82 Å². The molecule has 148 valence electrons. The van der Waals surface area contributed by atoms with E-state index < -0.39 is 0 Å². The molecule has 0 spiro atoms. The summed E-state index contributed by atoms with van der Waals surface area (Å²) in [4.78, 5) is 16.9. The van der Waals surface area contributed by atoms with Crippen LogP contribution >= 0.6 is 15.9 Å². The van der Waals surface area contributed by atoms with Gasteiger partial charge in [0, 0.05) is 22.6 Å². The van der Waals surface area contributed by atoms with Crippen molar-refractivity contribution in [2.75, 3.05) is 5.32 Å². The lowest BCUT2D eigenvalue weighted by Gasteiger charge is -2.15. The lowest BCUT2D eigenvalue weighted by atomic mass is 10.2. The first-order valence-corrected chi connectivity index (χ1v) is 9.94. The minimum atomic E-state index is -0.369. The second kappa shape index (κ2) is 9.01. The van der Waals surface area contributed by atoms with E-state index in [4.69, 9.17) is 4.52 Å². The number of halogens is 1. The number of benzene rings is 1. The first kappa shape index (κ1) is 20.1. The van der Waals surface area contributed by atoms with Crippen LogP contribution in [0.15, 0.2) is 45.5 Å². The van der Waals surface area contributed by atoms with Crippen LogP contribution in [0.4, 0.5) is 10.6 Å². The SMILES string of the molecule is CCC(NC(=O)Nc1ccnn1CC(C)C)c1noc(-c2cccc(Br)c2)n1. The largest absolute Gasteiger partial charge is 0.334 e. The van der Waals surface area contributed by atoms with Gasteiger partial charge in [0.2, 0.25) is 0 Å². The highest BCUT2D eigenvalue weighted by Crippen LogP contribution is 2.23. The third kappa shape index (κ3) is 4.98. The third-order valence-electron chi connectivity index (χ3n) is 4.03. The highest BCUT2D eigenvalue weighted by molar-refractivity contribution is 9.10. The van der Waals surface area contributed by atoms with Crippen molar-refractivity contribution in [2.24, 2.45) is 5.92 Å². The first-order chi connectivity index (χ1) is 13.5. The Morgan fingerprint density at radius 3 is 2.86 bits per heavy atom. The molecule has 0 radical (unpaired) electrons. The van der Waals surface area contributed by atoms with Gasteiger partial charge in [-0.1, -0.05) is 47.9 Å². The fourth-order valence-corrected chi connectivity index (χ4v) is 3.10. The molecule has 2 amide bonds. The van der Waals surface area contributed by atoms with E-state index >= 15 is 0 Å². The number of urea groups is 1. The van der Waals surface area contributed by atoms with Crippen molar-refractivity contribution < 1.29 is 9.32 Å². The molecule has 0 saturated carbocycles. The van der Waals surface area contributed by atoms with E-state index in [1.54, 1.807) is 16.9 Å². The number of hydrogen-bond donors (Lipinski definition) is 2. The summed E-state index contributed by atoms with van der Waals surface area (Å²) < 4.78 is 8.06. The Morgan fingerprint density at radius 1 is 1.32 bits per heavy atom. The van der Waals surface area contributed by atoms with E-state index in [-0.39, 0.29) is 12.1 Å². The third-order valence-corrected chi connectivity index (χ3v) is 4.53. The number of anilines is 1. The van der Waals surface area contributed by atoms with Crippen LogP contribution in [0, 0.1) is 5.92 Å². The molecular weight excluding hydrogens is 424 g/mol. The molecule has 2 heterocycles. The van der Waals surface area contributed by atoms with Gasteiger partial charge in [-0.05, 0) is 30.5 Å². The fourth-order valence-electron chi connectivity index (χ4n) is 2.71.